The van der Waals surface area contributed by atoms with Gasteiger partial charge in [0.15, 0.2) is 0 Å². The largest absolute Gasteiger partial charge is 0.378 e. The first kappa shape index (κ1) is 11.9. The molecule has 5 nitrogen and oxygen atoms in total. The number of nitrogens with zero attached hydrogens (tertiary/aromatic N) is 1. The molecule has 5 heteroatoms. The highest BCUT2D eigenvalue weighted by Gasteiger charge is 2.47. The van der Waals surface area contributed by atoms with Crippen LogP contribution in [0.5, 0.6) is 0 Å². The van der Waals surface area contributed by atoms with Gasteiger partial charge in [-0.15, -0.1) is 0 Å². The highest BCUT2D eigenvalue weighted by atomic mass is 16.5. The lowest BCUT2D eigenvalue weighted by atomic mass is 9.85. The van der Waals surface area contributed by atoms with Crippen molar-refractivity contribution in [3.05, 3.63) is 12.2 Å². The van der Waals surface area contributed by atoms with Gasteiger partial charge in [-0.2, -0.15) is 0 Å². The molecule has 0 aromatic carbocycles. The molecule has 2 aliphatic heterocycles. The summed E-state index contributed by atoms with van der Waals surface area (Å²) in [6, 6.07) is 0.0831. The number of hydrogen-bond donors (Lipinski definition) is 1. The Balaban J connectivity index is 1.69. The van der Waals surface area contributed by atoms with Crippen LogP contribution in [0, 0.1) is 11.8 Å². The minimum Gasteiger partial charge on any atom is -0.378 e. The zero-order chi connectivity index (χ0) is 12.5. The minimum atomic E-state index is -0.119. The fraction of sp³-hybridized carbons (Fsp3) is 0.692. The number of imide groups is 1. The number of amides is 2. The van der Waals surface area contributed by atoms with Crippen LogP contribution < -0.4 is 5.32 Å². The molecule has 3 aliphatic rings. The second kappa shape index (κ2) is 4.82. The van der Waals surface area contributed by atoms with Gasteiger partial charge in [-0.05, 0) is 12.8 Å². The molecule has 3 unspecified atom stereocenters. The van der Waals surface area contributed by atoms with Gasteiger partial charge in [0, 0.05) is 19.1 Å². The Hall–Kier alpha value is -1.20. The van der Waals surface area contributed by atoms with E-state index in [0.29, 0.717) is 32.6 Å². The van der Waals surface area contributed by atoms with Gasteiger partial charge in [0.1, 0.15) is 0 Å². The number of likely N-dealkylation sites (tertiary alicyclic amines) is 1. The first-order chi connectivity index (χ1) is 8.77. The van der Waals surface area contributed by atoms with Crippen molar-refractivity contribution < 1.29 is 14.3 Å². The smallest absolute Gasteiger partial charge is 0.233 e. The predicted molar refractivity (Wildman–Crippen MR) is 64.7 cm³/mol. The molecule has 98 valence electrons. The van der Waals surface area contributed by atoms with Gasteiger partial charge in [-0.25, -0.2) is 0 Å². The third-order valence-corrected chi connectivity index (χ3v) is 4.00. The summed E-state index contributed by atoms with van der Waals surface area (Å²) in [5.41, 5.74) is 0. The molecule has 0 radical (unpaired) electrons. The lowest BCUT2D eigenvalue weighted by Gasteiger charge is -2.27. The van der Waals surface area contributed by atoms with Gasteiger partial charge in [0.2, 0.25) is 11.8 Å². The number of rotatable bonds is 2. The number of carbonyl (C=O) groups is 2. The van der Waals surface area contributed by atoms with Crippen LogP contribution in [-0.2, 0) is 14.3 Å². The van der Waals surface area contributed by atoms with Crippen molar-refractivity contribution in [2.24, 2.45) is 11.8 Å². The predicted octanol–water partition coefficient (Wildman–Crippen LogP) is -0.0740. The summed E-state index contributed by atoms with van der Waals surface area (Å²) in [7, 11) is 0. The molecule has 0 saturated carbocycles. The Labute approximate surface area is 106 Å². The number of allylic oxidation sites excluding steroid dienone is 2. The summed E-state index contributed by atoms with van der Waals surface area (Å²) in [4.78, 5) is 25.9. The van der Waals surface area contributed by atoms with E-state index in [1.807, 2.05) is 12.2 Å². The fourth-order valence-electron chi connectivity index (χ4n) is 3.01. The lowest BCUT2D eigenvalue weighted by molar-refractivity contribution is -0.140. The van der Waals surface area contributed by atoms with Crippen LogP contribution in [0.2, 0.25) is 0 Å². The summed E-state index contributed by atoms with van der Waals surface area (Å²) in [6.45, 7) is 2.51. The van der Waals surface area contributed by atoms with Crippen molar-refractivity contribution in [3.8, 4) is 0 Å². The van der Waals surface area contributed by atoms with Crippen molar-refractivity contribution in [2.45, 2.75) is 18.9 Å². The molecular formula is C13H18N2O3. The summed E-state index contributed by atoms with van der Waals surface area (Å²) >= 11 is 0. The van der Waals surface area contributed by atoms with E-state index in [-0.39, 0.29) is 29.7 Å². The summed E-state index contributed by atoms with van der Waals surface area (Å²) in [5.74, 6) is -0.234. The number of nitrogens with one attached hydrogen (secondary N) is 1. The second-order valence-electron chi connectivity index (χ2n) is 5.17. The Morgan fingerprint density at radius 2 is 1.89 bits per heavy atom. The van der Waals surface area contributed by atoms with E-state index in [1.54, 1.807) is 0 Å². The first-order valence-electron chi connectivity index (χ1n) is 6.58. The monoisotopic (exact) mass is 250 g/mol. The quantitative estimate of drug-likeness (QED) is 0.550. The van der Waals surface area contributed by atoms with Gasteiger partial charge < -0.3 is 10.1 Å². The van der Waals surface area contributed by atoms with Gasteiger partial charge in [0.25, 0.3) is 0 Å². The second-order valence-corrected chi connectivity index (χ2v) is 5.17. The van der Waals surface area contributed by atoms with E-state index in [2.05, 4.69) is 5.32 Å². The van der Waals surface area contributed by atoms with E-state index in [9.17, 15) is 9.59 Å². The van der Waals surface area contributed by atoms with Gasteiger partial charge >= 0.3 is 0 Å². The highest BCUT2D eigenvalue weighted by molar-refractivity contribution is 6.05. The van der Waals surface area contributed by atoms with Crippen LogP contribution in [0.4, 0.5) is 0 Å². The van der Waals surface area contributed by atoms with Gasteiger partial charge in [-0.1, -0.05) is 12.2 Å². The molecule has 0 aromatic rings. The van der Waals surface area contributed by atoms with E-state index >= 15 is 0 Å². The number of hydrogen-bond acceptors (Lipinski definition) is 4. The van der Waals surface area contributed by atoms with Crippen molar-refractivity contribution >= 4 is 11.8 Å². The Kier molecular flexibility index (Phi) is 3.18. The Bertz CT molecular complexity index is 362. The number of ether oxygens (including phenoxy) is 1. The fourth-order valence-corrected chi connectivity index (χ4v) is 3.01. The molecule has 18 heavy (non-hydrogen) atoms. The van der Waals surface area contributed by atoms with E-state index < -0.39 is 0 Å². The molecule has 2 saturated heterocycles. The van der Waals surface area contributed by atoms with Crippen LogP contribution in [0.25, 0.3) is 0 Å². The number of morpholine rings is 1. The number of carbonyl (C=O) groups excluding carboxylic acids is 2. The maximum absolute atomic E-state index is 12.2. The zero-order valence-corrected chi connectivity index (χ0v) is 10.3. The van der Waals surface area contributed by atoms with Crippen LogP contribution in [-0.4, -0.2) is 49.1 Å². The summed E-state index contributed by atoms with van der Waals surface area (Å²) in [6.07, 6.45) is 5.44. The zero-order valence-electron chi connectivity index (χ0n) is 10.3. The lowest BCUT2D eigenvalue weighted by Crippen LogP contribution is -2.50. The van der Waals surface area contributed by atoms with Crippen molar-refractivity contribution in [1.29, 1.82) is 0 Å². The van der Waals surface area contributed by atoms with E-state index in [0.717, 1.165) is 6.54 Å². The standard InChI is InChI=1S/C13H18N2O3/c16-12-10-3-1-2-4-11(10)13(17)15(12)7-9-8-18-6-5-14-9/h1-2,9-11,14H,3-8H2. The highest BCUT2D eigenvalue weighted by Crippen LogP contribution is 2.35. The van der Waals surface area contributed by atoms with Crippen molar-refractivity contribution in [3.63, 3.8) is 0 Å². The normalized spacial score (nSPS) is 36.0. The average Bonchev–Trinajstić information content (AvgIpc) is 2.66. The summed E-state index contributed by atoms with van der Waals surface area (Å²) in [5, 5.41) is 3.28. The van der Waals surface area contributed by atoms with Crippen LogP contribution >= 0.6 is 0 Å². The summed E-state index contributed by atoms with van der Waals surface area (Å²) < 4.78 is 5.36. The molecule has 1 N–H and O–H groups in total. The Morgan fingerprint density at radius 1 is 1.22 bits per heavy atom. The minimum absolute atomic E-state index is 0.00160. The molecule has 2 heterocycles. The van der Waals surface area contributed by atoms with E-state index in [1.165, 1.54) is 4.90 Å². The van der Waals surface area contributed by atoms with Gasteiger partial charge in [0.05, 0.1) is 25.0 Å². The van der Waals surface area contributed by atoms with Crippen LogP contribution in [0.15, 0.2) is 12.2 Å². The number of fused-ring (bicyclic) bond motifs is 1. The maximum atomic E-state index is 12.2. The molecule has 2 amide bonds. The molecule has 2 fully saturated rings. The molecule has 0 spiro atoms. The first-order valence-corrected chi connectivity index (χ1v) is 6.58. The third-order valence-electron chi connectivity index (χ3n) is 4.00. The SMILES string of the molecule is O=C1C2CC=CCC2C(=O)N1CC1COCCN1. The molecule has 0 bridgehead atoms. The molecular weight excluding hydrogens is 232 g/mol. The molecule has 0 aromatic heterocycles. The Morgan fingerprint density at radius 3 is 2.44 bits per heavy atom. The van der Waals surface area contributed by atoms with Crippen LogP contribution in [0.1, 0.15) is 12.8 Å². The molecule has 3 rings (SSSR count). The topological polar surface area (TPSA) is 58.6 Å². The average molecular weight is 250 g/mol. The molecule has 3 atom stereocenters. The van der Waals surface area contributed by atoms with E-state index in [4.69, 9.17) is 4.74 Å². The maximum Gasteiger partial charge on any atom is 0.233 e. The van der Waals surface area contributed by atoms with Crippen molar-refractivity contribution in [2.75, 3.05) is 26.3 Å². The van der Waals surface area contributed by atoms with Crippen molar-refractivity contribution in [1.82, 2.24) is 10.2 Å². The molecule has 1 aliphatic carbocycles. The van der Waals surface area contributed by atoms with Crippen LogP contribution in [0.3, 0.4) is 0 Å². The van der Waals surface area contributed by atoms with Gasteiger partial charge in [-0.3, -0.25) is 14.5 Å². The third kappa shape index (κ3) is 1.97.